The lowest BCUT2D eigenvalue weighted by Crippen LogP contribution is -1.89. The van der Waals surface area contributed by atoms with Gasteiger partial charge < -0.3 is 9.67 Å². The number of aromatic nitrogens is 2. The van der Waals surface area contributed by atoms with Crippen LogP contribution in [0.2, 0.25) is 0 Å². The summed E-state index contributed by atoms with van der Waals surface area (Å²) in [5.74, 6) is -0.817. The van der Waals surface area contributed by atoms with Crippen molar-refractivity contribution in [3.63, 3.8) is 0 Å². The first-order chi connectivity index (χ1) is 7.75. The third kappa shape index (κ3) is 2.58. The minimum Gasteiger partial charge on any atom is -0.481 e. The van der Waals surface area contributed by atoms with Gasteiger partial charge in [-0.1, -0.05) is 6.08 Å². The Bertz CT molecular complexity index is 500. The third-order valence-electron chi connectivity index (χ3n) is 1.98. The van der Waals surface area contributed by atoms with Crippen LogP contribution in [0.15, 0.2) is 36.2 Å². The molecule has 0 aromatic carbocycles. The van der Waals surface area contributed by atoms with Crippen LogP contribution in [0, 0.1) is 0 Å². The van der Waals surface area contributed by atoms with Crippen molar-refractivity contribution in [2.45, 2.75) is 6.42 Å². The van der Waals surface area contributed by atoms with E-state index in [2.05, 4.69) is 4.98 Å². The van der Waals surface area contributed by atoms with Gasteiger partial charge in [0.2, 0.25) is 0 Å². The van der Waals surface area contributed by atoms with E-state index >= 15 is 0 Å². The molecule has 4 nitrogen and oxygen atoms in total. The number of imidazole rings is 1. The number of thiophene rings is 1. The standard InChI is InChI=1S/C11H10N2O2S/c14-11(15)3-1-2-10-6-9(7-16-10)13-5-4-12-8-13/h1-2,4-8H,3H2,(H,14,15). The largest absolute Gasteiger partial charge is 0.481 e. The zero-order valence-corrected chi connectivity index (χ0v) is 9.22. The van der Waals surface area contributed by atoms with Crippen LogP contribution in [0.5, 0.6) is 0 Å². The van der Waals surface area contributed by atoms with Gasteiger partial charge in [0.1, 0.15) is 0 Å². The predicted molar refractivity (Wildman–Crippen MR) is 62.7 cm³/mol. The van der Waals surface area contributed by atoms with Crippen molar-refractivity contribution in [2.24, 2.45) is 0 Å². The molecule has 0 radical (unpaired) electrons. The SMILES string of the molecule is O=C(O)CC=Cc1cc(-n2ccnc2)cs1. The maximum absolute atomic E-state index is 10.3. The zero-order valence-electron chi connectivity index (χ0n) is 8.41. The van der Waals surface area contributed by atoms with Crippen molar-refractivity contribution in [1.29, 1.82) is 0 Å². The number of hydrogen-bond acceptors (Lipinski definition) is 3. The van der Waals surface area contributed by atoms with Crippen LogP contribution >= 0.6 is 11.3 Å². The second kappa shape index (κ2) is 4.76. The molecular formula is C11H10N2O2S. The van der Waals surface area contributed by atoms with Gasteiger partial charge in [-0.2, -0.15) is 0 Å². The first-order valence-electron chi connectivity index (χ1n) is 4.71. The van der Waals surface area contributed by atoms with Crippen molar-refractivity contribution in [3.8, 4) is 5.69 Å². The summed E-state index contributed by atoms with van der Waals surface area (Å²) in [4.78, 5) is 15.3. The Labute approximate surface area is 96.5 Å². The van der Waals surface area contributed by atoms with Crippen LogP contribution < -0.4 is 0 Å². The summed E-state index contributed by atoms with van der Waals surface area (Å²) < 4.78 is 1.91. The van der Waals surface area contributed by atoms with Crippen molar-refractivity contribution in [3.05, 3.63) is 41.1 Å². The summed E-state index contributed by atoms with van der Waals surface area (Å²) in [6, 6.07) is 1.99. The minimum atomic E-state index is -0.817. The summed E-state index contributed by atoms with van der Waals surface area (Å²) >= 11 is 1.57. The summed E-state index contributed by atoms with van der Waals surface area (Å²) in [6.45, 7) is 0. The molecule has 82 valence electrons. The highest BCUT2D eigenvalue weighted by atomic mass is 32.1. The molecule has 0 aliphatic carbocycles. The fourth-order valence-electron chi connectivity index (χ4n) is 1.25. The van der Waals surface area contributed by atoms with Crippen molar-refractivity contribution >= 4 is 23.4 Å². The van der Waals surface area contributed by atoms with Crippen LogP contribution in [0.4, 0.5) is 0 Å². The Hall–Kier alpha value is -1.88. The van der Waals surface area contributed by atoms with Crippen LogP contribution in [-0.2, 0) is 4.79 Å². The molecule has 2 heterocycles. The Morgan fingerprint density at radius 3 is 3.19 bits per heavy atom. The van der Waals surface area contributed by atoms with Crippen molar-refractivity contribution < 1.29 is 9.90 Å². The molecule has 0 bridgehead atoms. The van der Waals surface area contributed by atoms with Crippen molar-refractivity contribution in [2.75, 3.05) is 0 Å². The lowest BCUT2D eigenvalue weighted by Gasteiger charge is -1.93. The van der Waals surface area contributed by atoms with Crippen LogP contribution in [0.25, 0.3) is 11.8 Å². The van der Waals surface area contributed by atoms with E-state index in [1.807, 2.05) is 28.3 Å². The first-order valence-corrected chi connectivity index (χ1v) is 5.59. The minimum absolute atomic E-state index is 0.0539. The number of carboxylic acids is 1. The summed E-state index contributed by atoms with van der Waals surface area (Å²) in [5, 5.41) is 10.5. The van der Waals surface area contributed by atoms with E-state index in [4.69, 9.17) is 5.11 Å². The highest BCUT2D eigenvalue weighted by Gasteiger charge is 1.98. The van der Waals surface area contributed by atoms with E-state index in [0.717, 1.165) is 10.6 Å². The molecule has 2 aromatic rings. The lowest BCUT2D eigenvalue weighted by molar-refractivity contribution is -0.135. The highest BCUT2D eigenvalue weighted by molar-refractivity contribution is 7.11. The van der Waals surface area contributed by atoms with Crippen molar-refractivity contribution in [1.82, 2.24) is 9.55 Å². The van der Waals surface area contributed by atoms with Gasteiger partial charge in [0.05, 0.1) is 18.4 Å². The Kier molecular flexibility index (Phi) is 3.16. The van der Waals surface area contributed by atoms with Gasteiger partial charge >= 0.3 is 5.97 Å². The summed E-state index contributed by atoms with van der Waals surface area (Å²) in [7, 11) is 0. The molecule has 0 fully saturated rings. The molecule has 0 aliphatic heterocycles. The number of aliphatic carboxylic acids is 1. The molecule has 0 saturated heterocycles. The van der Waals surface area contributed by atoms with Gasteiger partial charge in [0.15, 0.2) is 0 Å². The summed E-state index contributed by atoms with van der Waals surface area (Å²) in [5.41, 5.74) is 1.04. The maximum atomic E-state index is 10.3. The van der Waals surface area contributed by atoms with Gasteiger partial charge in [-0.05, 0) is 12.1 Å². The van der Waals surface area contributed by atoms with E-state index in [9.17, 15) is 4.79 Å². The smallest absolute Gasteiger partial charge is 0.307 e. The number of hydrogen-bond donors (Lipinski definition) is 1. The lowest BCUT2D eigenvalue weighted by atomic mass is 10.3. The maximum Gasteiger partial charge on any atom is 0.307 e. The highest BCUT2D eigenvalue weighted by Crippen LogP contribution is 2.19. The molecule has 0 spiro atoms. The molecule has 0 saturated carbocycles. The van der Waals surface area contributed by atoms with E-state index in [-0.39, 0.29) is 6.42 Å². The van der Waals surface area contributed by atoms with E-state index in [0.29, 0.717) is 0 Å². The molecule has 1 N–H and O–H groups in total. The van der Waals surface area contributed by atoms with Gasteiger partial charge in [0.25, 0.3) is 0 Å². The van der Waals surface area contributed by atoms with Crippen LogP contribution in [0.1, 0.15) is 11.3 Å². The quantitative estimate of drug-likeness (QED) is 0.883. The molecule has 0 aliphatic rings. The molecule has 2 rings (SSSR count). The third-order valence-corrected chi connectivity index (χ3v) is 2.87. The second-order valence-corrected chi connectivity index (χ2v) is 4.12. The number of carboxylic acid groups (broad SMARTS) is 1. The van der Waals surface area contributed by atoms with E-state index in [1.54, 1.807) is 29.9 Å². The Balaban J connectivity index is 2.08. The Morgan fingerprint density at radius 1 is 1.62 bits per heavy atom. The molecular weight excluding hydrogens is 224 g/mol. The number of rotatable bonds is 4. The predicted octanol–water partition coefficient (Wildman–Crippen LogP) is 2.42. The average molecular weight is 234 g/mol. The average Bonchev–Trinajstić information content (AvgIpc) is 2.85. The van der Waals surface area contributed by atoms with Gasteiger partial charge in [-0.3, -0.25) is 4.79 Å². The number of nitrogens with zero attached hydrogens (tertiary/aromatic N) is 2. The van der Waals surface area contributed by atoms with Gasteiger partial charge in [0, 0.05) is 22.7 Å². The molecule has 5 heteroatoms. The molecule has 0 atom stereocenters. The summed E-state index contributed by atoms with van der Waals surface area (Å²) in [6.07, 6.45) is 8.83. The molecule has 2 aromatic heterocycles. The Morgan fingerprint density at radius 2 is 2.50 bits per heavy atom. The first kappa shape index (κ1) is 10.6. The van der Waals surface area contributed by atoms with E-state index in [1.165, 1.54) is 0 Å². The second-order valence-electron chi connectivity index (χ2n) is 3.18. The van der Waals surface area contributed by atoms with Crippen LogP contribution in [-0.4, -0.2) is 20.6 Å². The number of carbonyl (C=O) groups is 1. The van der Waals surface area contributed by atoms with E-state index < -0.39 is 5.97 Å². The zero-order chi connectivity index (χ0) is 11.4. The van der Waals surface area contributed by atoms with Gasteiger partial charge in [-0.15, -0.1) is 11.3 Å². The molecule has 16 heavy (non-hydrogen) atoms. The normalized spacial score (nSPS) is 11.0. The fraction of sp³-hybridized carbons (Fsp3) is 0.0909. The monoisotopic (exact) mass is 234 g/mol. The fourth-order valence-corrected chi connectivity index (χ4v) is 2.06. The topological polar surface area (TPSA) is 55.1 Å². The molecule has 0 amide bonds. The van der Waals surface area contributed by atoms with Gasteiger partial charge in [-0.25, -0.2) is 4.98 Å². The van der Waals surface area contributed by atoms with Crippen LogP contribution in [0.3, 0.4) is 0 Å². The molecule has 0 unspecified atom stereocenters.